The van der Waals surface area contributed by atoms with Gasteiger partial charge in [-0.25, -0.2) is 0 Å². The first-order chi connectivity index (χ1) is 9.06. The molecule has 1 heterocycles. The number of rotatable bonds is 3. The average molecular weight is 324 g/mol. The van der Waals surface area contributed by atoms with Crippen LogP contribution in [0.3, 0.4) is 0 Å². The molecule has 1 aliphatic rings. The molecule has 1 atom stereocenters. The molecule has 1 fully saturated rings. The molecule has 19 heavy (non-hydrogen) atoms. The van der Waals surface area contributed by atoms with E-state index < -0.39 is 0 Å². The summed E-state index contributed by atoms with van der Waals surface area (Å²) in [6, 6.07) is 7.27. The summed E-state index contributed by atoms with van der Waals surface area (Å²) in [4.78, 5) is 25.8. The van der Waals surface area contributed by atoms with Gasteiger partial charge in [0, 0.05) is 23.0 Å². The van der Waals surface area contributed by atoms with Crippen molar-refractivity contribution < 1.29 is 9.59 Å². The van der Waals surface area contributed by atoms with Crippen molar-refractivity contribution in [2.24, 2.45) is 5.92 Å². The molecule has 1 saturated heterocycles. The van der Waals surface area contributed by atoms with Gasteiger partial charge in [0.2, 0.25) is 5.91 Å². The molecular formula is C15H18BrNO2. The fraction of sp³-hybridized carbons (Fsp3) is 0.467. The van der Waals surface area contributed by atoms with Gasteiger partial charge in [-0.2, -0.15) is 0 Å². The fourth-order valence-corrected chi connectivity index (χ4v) is 2.51. The van der Waals surface area contributed by atoms with Gasteiger partial charge in [-0.05, 0) is 30.9 Å². The zero-order chi connectivity index (χ0) is 13.8. The summed E-state index contributed by atoms with van der Waals surface area (Å²) in [5.41, 5.74) is 0.660. The summed E-state index contributed by atoms with van der Waals surface area (Å²) < 4.78 is 0.948. The number of halogens is 1. The van der Waals surface area contributed by atoms with E-state index in [0.29, 0.717) is 24.4 Å². The number of likely N-dealkylation sites (tertiary alicyclic amines) is 1. The third-order valence-corrected chi connectivity index (χ3v) is 4.12. The van der Waals surface area contributed by atoms with E-state index in [-0.39, 0.29) is 18.2 Å². The zero-order valence-corrected chi connectivity index (χ0v) is 12.6. The molecule has 0 bridgehead atoms. The molecule has 0 aromatic heterocycles. The molecule has 0 N–H and O–H groups in total. The van der Waals surface area contributed by atoms with E-state index in [1.165, 1.54) is 0 Å². The normalized spacial score (nSPS) is 20.2. The van der Waals surface area contributed by atoms with E-state index in [1.54, 1.807) is 17.0 Å². The topological polar surface area (TPSA) is 37.4 Å². The van der Waals surface area contributed by atoms with Crippen LogP contribution >= 0.6 is 15.9 Å². The quantitative estimate of drug-likeness (QED) is 0.800. The van der Waals surface area contributed by atoms with Crippen molar-refractivity contribution in [3.8, 4) is 0 Å². The number of benzene rings is 1. The van der Waals surface area contributed by atoms with Gasteiger partial charge in [0.25, 0.3) is 0 Å². The minimum atomic E-state index is 0.00963. The number of carbonyl (C=O) groups is 2. The first kappa shape index (κ1) is 14.3. The lowest BCUT2D eigenvalue weighted by atomic mass is 10.0. The van der Waals surface area contributed by atoms with E-state index >= 15 is 0 Å². The van der Waals surface area contributed by atoms with Crippen LogP contribution in [-0.2, 0) is 4.79 Å². The van der Waals surface area contributed by atoms with Crippen molar-refractivity contribution in [3.63, 3.8) is 0 Å². The lowest BCUT2D eigenvalue weighted by Gasteiger charge is -2.19. The predicted octanol–water partition coefficient (Wildman–Crippen LogP) is 3.28. The van der Waals surface area contributed by atoms with Crippen LogP contribution in [0.2, 0.25) is 0 Å². The van der Waals surface area contributed by atoms with Gasteiger partial charge in [0.15, 0.2) is 5.78 Å². The molecular weight excluding hydrogens is 306 g/mol. The minimum Gasteiger partial charge on any atom is -0.335 e. The van der Waals surface area contributed by atoms with Gasteiger partial charge in [-0.15, -0.1) is 0 Å². The first-order valence-corrected chi connectivity index (χ1v) is 7.42. The van der Waals surface area contributed by atoms with Crippen molar-refractivity contribution in [2.75, 3.05) is 13.1 Å². The Labute approximate surface area is 122 Å². The van der Waals surface area contributed by atoms with E-state index in [1.807, 2.05) is 12.1 Å². The molecule has 0 radical (unpaired) electrons. The SMILES string of the molecule is CC1CCC(=O)N(CC(=O)c2ccc(Br)cc2)CC1. The number of carbonyl (C=O) groups excluding carboxylic acids is 2. The summed E-state index contributed by atoms with van der Waals surface area (Å²) in [5, 5.41) is 0. The highest BCUT2D eigenvalue weighted by Gasteiger charge is 2.22. The van der Waals surface area contributed by atoms with Crippen LogP contribution in [0.5, 0.6) is 0 Å². The number of hydrogen-bond acceptors (Lipinski definition) is 2. The van der Waals surface area contributed by atoms with Crippen LogP contribution in [0.15, 0.2) is 28.7 Å². The average Bonchev–Trinajstić information content (AvgIpc) is 2.55. The van der Waals surface area contributed by atoms with Crippen LogP contribution < -0.4 is 0 Å². The second-order valence-corrected chi connectivity index (χ2v) is 6.09. The third kappa shape index (κ3) is 3.90. The third-order valence-electron chi connectivity index (χ3n) is 3.60. The highest BCUT2D eigenvalue weighted by molar-refractivity contribution is 9.10. The Morgan fingerprint density at radius 2 is 2.00 bits per heavy atom. The van der Waals surface area contributed by atoms with Gasteiger partial charge >= 0.3 is 0 Å². The lowest BCUT2D eigenvalue weighted by molar-refractivity contribution is -0.130. The maximum Gasteiger partial charge on any atom is 0.222 e. The molecule has 0 saturated carbocycles. The molecule has 102 valence electrons. The molecule has 2 rings (SSSR count). The highest BCUT2D eigenvalue weighted by atomic mass is 79.9. The molecule has 4 heteroatoms. The van der Waals surface area contributed by atoms with Crippen LogP contribution in [0, 0.1) is 5.92 Å². The smallest absolute Gasteiger partial charge is 0.222 e. The Morgan fingerprint density at radius 3 is 2.68 bits per heavy atom. The van der Waals surface area contributed by atoms with Crippen molar-refractivity contribution in [2.45, 2.75) is 26.2 Å². The van der Waals surface area contributed by atoms with Gasteiger partial charge in [0.1, 0.15) is 0 Å². The van der Waals surface area contributed by atoms with E-state index in [2.05, 4.69) is 22.9 Å². The van der Waals surface area contributed by atoms with Crippen molar-refractivity contribution >= 4 is 27.6 Å². The summed E-state index contributed by atoms with van der Waals surface area (Å²) in [6.45, 7) is 3.06. The number of hydrogen-bond donors (Lipinski definition) is 0. The minimum absolute atomic E-state index is 0.00963. The summed E-state index contributed by atoms with van der Waals surface area (Å²) in [5.74, 6) is 0.682. The van der Waals surface area contributed by atoms with Crippen molar-refractivity contribution in [1.29, 1.82) is 0 Å². The van der Waals surface area contributed by atoms with Gasteiger partial charge in [-0.3, -0.25) is 9.59 Å². The van der Waals surface area contributed by atoms with Crippen LogP contribution in [0.4, 0.5) is 0 Å². The molecule has 0 spiro atoms. The molecule has 3 nitrogen and oxygen atoms in total. The highest BCUT2D eigenvalue weighted by Crippen LogP contribution is 2.18. The Bertz CT molecular complexity index is 470. The monoisotopic (exact) mass is 323 g/mol. The predicted molar refractivity (Wildman–Crippen MR) is 78.1 cm³/mol. The number of ketones is 1. The van der Waals surface area contributed by atoms with Gasteiger partial charge in [0.05, 0.1) is 6.54 Å². The maximum absolute atomic E-state index is 12.2. The molecule has 0 aliphatic carbocycles. The largest absolute Gasteiger partial charge is 0.335 e. The van der Waals surface area contributed by atoms with E-state index in [9.17, 15) is 9.59 Å². The second-order valence-electron chi connectivity index (χ2n) is 5.18. The molecule has 1 unspecified atom stereocenters. The van der Waals surface area contributed by atoms with Gasteiger partial charge < -0.3 is 4.90 Å². The van der Waals surface area contributed by atoms with E-state index in [4.69, 9.17) is 0 Å². The van der Waals surface area contributed by atoms with Crippen LogP contribution in [0.25, 0.3) is 0 Å². The van der Waals surface area contributed by atoms with Crippen molar-refractivity contribution in [3.05, 3.63) is 34.3 Å². The molecule has 1 amide bonds. The second kappa shape index (κ2) is 6.33. The molecule has 1 aromatic rings. The first-order valence-electron chi connectivity index (χ1n) is 6.63. The maximum atomic E-state index is 12.2. The zero-order valence-electron chi connectivity index (χ0n) is 11.1. The van der Waals surface area contributed by atoms with Gasteiger partial charge in [-0.1, -0.05) is 35.0 Å². The lowest BCUT2D eigenvalue weighted by Crippen LogP contribution is -2.35. The van der Waals surface area contributed by atoms with Crippen LogP contribution in [-0.4, -0.2) is 29.7 Å². The number of Topliss-reactive ketones (excluding diaryl/α,β-unsaturated/α-hetero) is 1. The molecule has 1 aliphatic heterocycles. The summed E-state index contributed by atoms with van der Waals surface area (Å²) in [7, 11) is 0. The Balaban J connectivity index is 2.01. The Hall–Kier alpha value is -1.16. The standard InChI is InChI=1S/C15H18BrNO2/c1-11-2-7-15(19)17(9-8-11)10-14(18)12-3-5-13(16)6-4-12/h3-6,11H,2,7-10H2,1H3. The molecule has 1 aromatic carbocycles. The Kier molecular flexibility index (Phi) is 4.75. The Morgan fingerprint density at radius 1 is 1.32 bits per heavy atom. The van der Waals surface area contributed by atoms with Crippen LogP contribution in [0.1, 0.15) is 36.5 Å². The summed E-state index contributed by atoms with van der Waals surface area (Å²) in [6.07, 6.45) is 2.48. The number of amides is 1. The van der Waals surface area contributed by atoms with E-state index in [0.717, 1.165) is 17.3 Å². The fourth-order valence-electron chi connectivity index (χ4n) is 2.24. The van der Waals surface area contributed by atoms with Crippen molar-refractivity contribution in [1.82, 2.24) is 4.90 Å². The summed E-state index contributed by atoms with van der Waals surface area (Å²) >= 11 is 3.34. The number of nitrogens with zero attached hydrogens (tertiary/aromatic N) is 1.